The van der Waals surface area contributed by atoms with Crippen LogP contribution in [0.2, 0.25) is 0 Å². The second-order valence-corrected chi connectivity index (χ2v) is 9.57. The number of benzene rings is 2. The molecule has 0 spiro atoms. The van der Waals surface area contributed by atoms with Crippen LogP contribution in [0.3, 0.4) is 0 Å². The van der Waals surface area contributed by atoms with Crippen LogP contribution in [0.4, 0.5) is 8.78 Å². The second-order valence-electron chi connectivity index (χ2n) is 8.56. The molecule has 7 nitrogen and oxygen atoms in total. The smallest absolute Gasteiger partial charge is 0.278 e. The molecule has 0 saturated heterocycles. The molecule has 0 aliphatic carbocycles. The molecule has 1 atom stereocenters. The number of hydrogen-bond donors (Lipinski definition) is 1. The summed E-state index contributed by atoms with van der Waals surface area (Å²) in [5, 5.41) is 12.3. The van der Waals surface area contributed by atoms with Crippen molar-refractivity contribution in [2.45, 2.75) is 30.2 Å². The van der Waals surface area contributed by atoms with Crippen molar-refractivity contribution in [1.82, 2.24) is 9.58 Å². The highest BCUT2D eigenvalue weighted by Gasteiger charge is 2.34. The minimum Gasteiger partial charge on any atom is -0.502 e. The van der Waals surface area contributed by atoms with E-state index < -0.39 is 34.8 Å². The van der Waals surface area contributed by atoms with E-state index in [1.54, 1.807) is 17.1 Å². The van der Waals surface area contributed by atoms with Crippen molar-refractivity contribution < 1.29 is 23.4 Å². The van der Waals surface area contributed by atoms with Gasteiger partial charge in [0.15, 0.2) is 23.1 Å². The number of nitrogens with zero attached hydrogens (tertiary/aromatic N) is 3. The first-order valence-corrected chi connectivity index (χ1v) is 12.3. The van der Waals surface area contributed by atoms with Crippen molar-refractivity contribution in [3.05, 3.63) is 99.5 Å². The number of hydrogen-bond acceptors (Lipinski definition) is 6. The summed E-state index contributed by atoms with van der Waals surface area (Å²) in [5.74, 6) is -2.58. The third-order valence-electron chi connectivity index (χ3n) is 6.18. The average molecular weight is 512 g/mol. The van der Waals surface area contributed by atoms with E-state index in [9.17, 15) is 23.5 Å². The Kier molecular flexibility index (Phi) is 6.44. The van der Waals surface area contributed by atoms with E-state index >= 15 is 0 Å². The predicted molar refractivity (Wildman–Crippen MR) is 132 cm³/mol. The van der Waals surface area contributed by atoms with Gasteiger partial charge in [0, 0.05) is 40.6 Å². The van der Waals surface area contributed by atoms with Crippen LogP contribution in [0.5, 0.6) is 11.5 Å². The maximum atomic E-state index is 14.5. The van der Waals surface area contributed by atoms with E-state index in [4.69, 9.17) is 4.74 Å². The molecule has 3 aromatic rings. The monoisotopic (exact) mass is 511 g/mol. The Morgan fingerprint density at radius 2 is 1.92 bits per heavy atom. The summed E-state index contributed by atoms with van der Waals surface area (Å²) < 4.78 is 35.9. The molecule has 4 bridgehead atoms. The highest BCUT2D eigenvalue weighted by atomic mass is 32.2. The first-order chi connectivity index (χ1) is 17.3. The molecule has 3 heterocycles. The Morgan fingerprint density at radius 3 is 2.75 bits per heavy atom. The van der Waals surface area contributed by atoms with Crippen molar-refractivity contribution in [1.29, 1.82) is 0 Å². The molecule has 36 heavy (non-hydrogen) atoms. The summed E-state index contributed by atoms with van der Waals surface area (Å²) >= 11 is 1.35. The molecule has 1 aromatic heterocycles. The first-order valence-electron chi connectivity index (χ1n) is 11.3. The molecule has 10 heteroatoms. The zero-order chi connectivity index (χ0) is 25.4. The van der Waals surface area contributed by atoms with Gasteiger partial charge in [0.25, 0.3) is 5.91 Å². The number of rotatable bonds is 0. The fraction of sp³-hybridized carbons (Fsp3) is 0.231. The maximum Gasteiger partial charge on any atom is 0.278 e. The molecule has 0 saturated carbocycles. The molecular formula is C26H23F2N3O4S. The average Bonchev–Trinajstić information content (AvgIpc) is 2.86. The van der Waals surface area contributed by atoms with Gasteiger partial charge in [-0.15, -0.1) is 11.8 Å². The lowest BCUT2D eigenvalue weighted by molar-refractivity contribution is 0.0648. The standard InChI is InChI=1S/C26H23F2N3O4S/c1-16-5-4-10-35-19-11-18(23(28)20(27)12-19)14-36-22-7-3-2-6-17(22)13-29-15-30(16)26(34)24-25(33)21(32)8-9-31(24)29/h2-9,11-12,16,33H,10,13-15H2,1H3/b5-4+. The van der Waals surface area contributed by atoms with Gasteiger partial charge in [-0.05, 0) is 30.7 Å². The van der Waals surface area contributed by atoms with Gasteiger partial charge in [-0.25, -0.2) is 8.78 Å². The molecular weight excluding hydrogens is 488 g/mol. The van der Waals surface area contributed by atoms with Gasteiger partial charge in [-0.1, -0.05) is 24.3 Å². The number of carbonyl (C=O) groups excluding carboxylic acids is 1. The Bertz CT molecular complexity index is 1420. The predicted octanol–water partition coefficient (Wildman–Crippen LogP) is 4.01. The minimum atomic E-state index is -0.974. The number of thioether (sulfide) groups is 1. The molecule has 5 rings (SSSR count). The lowest BCUT2D eigenvalue weighted by Gasteiger charge is -2.41. The molecule has 1 N–H and O–H groups in total. The van der Waals surface area contributed by atoms with Crippen molar-refractivity contribution in [3.8, 4) is 11.5 Å². The molecule has 186 valence electrons. The van der Waals surface area contributed by atoms with Crippen LogP contribution in [-0.4, -0.2) is 39.9 Å². The second kappa shape index (κ2) is 9.69. The van der Waals surface area contributed by atoms with Crippen LogP contribution in [0, 0.1) is 11.6 Å². The van der Waals surface area contributed by atoms with Gasteiger partial charge in [-0.3, -0.25) is 19.3 Å². The number of carbonyl (C=O) groups is 1. The zero-order valence-corrected chi connectivity index (χ0v) is 20.2. The number of aromatic hydroxyl groups is 1. The third-order valence-corrected chi connectivity index (χ3v) is 7.34. The molecule has 2 aliphatic heterocycles. The molecule has 0 radical (unpaired) electrons. The van der Waals surface area contributed by atoms with Crippen LogP contribution in [-0.2, 0) is 12.3 Å². The number of pyridine rings is 1. The van der Waals surface area contributed by atoms with Crippen molar-refractivity contribution in [3.63, 3.8) is 0 Å². The summed E-state index contributed by atoms with van der Waals surface area (Å²) in [6.45, 7) is 2.41. The molecule has 0 fully saturated rings. The van der Waals surface area contributed by atoms with E-state index in [0.717, 1.165) is 16.5 Å². The number of ether oxygens (including phenoxy) is 1. The van der Waals surface area contributed by atoms with E-state index in [1.807, 2.05) is 36.2 Å². The summed E-state index contributed by atoms with van der Waals surface area (Å²) in [7, 11) is 0. The normalized spacial score (nSPS) is 18.8. The number of aromatic nitrogens is 1. The molecule has 2 aromatic carbocycles. The van der Waals surface area contributed by atoms with Gasteiger partial charge in [0.1, 0.15) is 19.0 Å². The quantitative estimate of drug-likeness (QED) is 0.460. The van der Waals surface area contributed by atoms with Gasteiger partial charge in [0.05, 0.1) is 6.54 Å². The van der Waals surface area contributed by atoms with Gasteiger partial charge in [0.2, 0.25) is 5.43 Å². The minimum absolute atomic E-state index is 0.0812. The zero-order valence-electron chi connectivity index (χ0n) is 19.4. The van der Waals surface area contributed by atoms with E-state index in [2.05, 4.69) is 0 Å². The summed E-state index contributed by atoms with van der Waals surface area (Å²) in [4.78, 5) is 27.9. The van der Waals surface area contributed by atoms with Crippen LogP contribution in [0.25, 0.3) is 0 Å². The fourth-order valence-electron chi connectivity index (χ4n) is 4.27. The first kappa shape index (κ1) is 23.9. The van der Waals surface area contributed by atoms with E-state index in [-0.39, 0.29) is 36.0 Å². The van der Waals surface area contributed by atoms with Crippen molar-refractivity contribution in [2.75, 3.05) is 18.3 Å². The molecule has 1 amide bonds. The highest BCUT2D eigenvalue weighted by Crippen LogP contribution is 2.32. The molecule has 1 unspecified atom stereocenters. The summed E-state index contributed by atoms with van der Waals surface area (Å²) in [6.07, 6.45) is 4.91. The van der Waals surface area contributed by atoms with E-state index in [1.165, 1.54) is 34.8 Å². The van der Waals surface area contributed by atoms with Gasteiger partial charge < -0.3 is 14.7 Å². The summed E-state index contributed by atoms with van der Waals surface area (Å²) in [6, 6.07) is 10.8. The largest absolute Gasteiger partial charge is 0.502 e. The summed E-state index contributed by atoms with van der Waals surface area (Å²) in [5.41, 5.74) is 0.326. The number of fused-ring (bicyclic) bond motifs is 7. The van der Waals surface area contributed by atoms with Crippen LogP contribution in [0.1, 0.15) is 28.5 Å². The van der Waals surface area contributed by atoms with Crippen molar-refractivity contribution in [2.24, 2.45) is 0 Å². The van der Waals surface area contributed by atoms with Crippen LogP contribution in [0.15, 0.2) is 70.5 Å². The Labute approximate surface area is 210 Å². The molecule has 2 aliphatic rings. The highest BCUT2D eigenvalue weighted by molar-refractivity contribution is 7.98. The maximum absolute atomic E-state index is 14.5. The van der Waals surface area contributed by atoms with Gasteiger partial charge in [-0.2, -0.15) is 0 Å². The number of amides is 1. The van der Waals surface area contributed by atoms with Crippen molar-refractivity contribution >= 4 is 17.7 Å². The lowest BCUT2D eigenvalue weighted by atomic mass is 10.1. The van der Waals surface area contributed by atoms with Gasteiger partial charge >= 0.3 is 0 Å². The van der Waals surface area contributed by atoms with Crippen LogP contribution >= 0.6 is 11.8 Å². The Balaban J connectivity index is 1.60. The van der Waals surface area contributed by atoms with E-state index in [0.29, 0.717) is 6.54 Å². The number of halogens is 2. The Hall–Kier alpha value is -3.79. The Morgan fingerprint density at radius 1 is 1.11 bits per heavy atom. The third kappa shape index (κ3) is 4.44. The lowest BCUT2D eigenvalue weighted by Crippen LogP contribution is -2.55. The van der Waals surface area contributed by atoms with Crippen LogP contribution < -0.4 is 15.2 Å². The topological polar surface area (TPSA) is 75.0 Å². The fourth-order valence-corrected chi connectivity index (χ4v) is 5.28. The SMILES string of the molecule is CC1/C=C/COc2cc(F)c(F)c(c2)CSc2ccccc2CN2CN1C(=O)c1c(O)c(=O)ccn12.